The number of fused-ring (bicyclic) bond motifs is 1. The second kappa shape index (κ2) is 4.13. The molecule has 6 rings (SSSR count). The molecule has 4 aliphatic carbocycles. The number of furan rings is 1. The molecule has 1 N–H and O–H groups in total. The van der Waals surface area contributed by atoms with Gasteiger partial charge < -0.3 is 9.73 Å². The Morgan fingerprint density at radius 2 is 1.70 bits per heavy atom. The number of hydrogen-bond acceptors (Lipinski definition) is 2. The van der Waals surface area contributed by atoms with Crippen molar-refractivity contribution >= 4 is 0 Å². The molecule has 108 valence electrons. The Bertz CT molecular complexity index is 516. The maximum absolute atomic E-state index is 6.40. The molecule has 0 aromatic carbocycles. The van der Waals surface area contributed by atoms with Crippen molar-refractivity contribution in [2.75, 3.05) is 6.54 Å². The van der Waals surface area contributed by atoms with Crippen LogP contribution in [-0.4, -0.2) is 6.54 Å². The van der Waals surface area contributed by atoms with E-state index in [0.29, 0.717) is 0 Å². The molecular formula is C18H25NO. The lowest BCUT2D eigenvalue weighted by molar-refractivity contribution is -0.0102. The monoisotopic (exact) mass is 271 g/mol. The van der Waals surface area contributed by atoms with Gasteiger partial charge in [-0.2, -0.15) is 0 Å². The van der Waals surface area contributed by atoms with E-state index in [1.54, 1.807) is 0 Å². The molecule has 0 amide bonds. The van der Waals surface area contributed by atoms with Crippen molar-refractivity contribution in [2.24, 2.45) is 23.7 Å². The second-order valence-corrected chi connectivity index (χ2v) is 7.88. The van der Waals surface area contributed by atoms with E-state index < -0.39 is 0 Å². The lowest BCUT2D eigenvalue weighted by atomic mass is 9.51. The first-order valence-corrected chi connectivity index (χ1v) is 8.61. The molecule has 0 radical (unpaired) electrons. The Kier molecular flexibility index (Phi) is 2.45. The van der Waals surface area contributed by atoms with Crippen LogP contribution in [0.5, 0.6) is 0 Å². The first kappa shape index (κ1) is 11.9. The van der Waals surface area contributed by atoms with E-state index in [0.717, 1.165) is 49.1 Å². The summed E-state index contributed by atoms with van der Waals surface area (Å²) < 4.78 is 6.40. The molecule has 1 aromatic rings. The highest BCUT2D eigenvalue weighted by Gasteiger charge is 2.50. The van der Waals surface area contributed by atoms with Gasteiger partial charge in [0.25, 0.3) is 0 Å². The Morgan fingerprint density at radius 3 is 2.35 bits per heavy atom. The zero-order chi connectivity index (χ0) is 13.3. The van der Waals surface area contributed by atoms with Crippen LogP contribution in [0.3, 0.4) is 0 Å². The Morgan fingerprint density at radius 1 is 1.00 bits per heavy atom. The van der Waals surface area contributed by atoms with Crippen LogP contribution >= 0.6 is 0 Å². The van der Waals surface area contributed by atoms with Crippen LogP contribution in [0.2, 0.25) is 0 Å². The smallest absolute Gasteiger partial charge is 0.121 e. The predicted octanol–water partition coefficient (Wildman–Crippen LogP) is 3.77. The molecule has 4 fully saturated rings. The minimum atomic E-state index is 0.758. The third kappa shape index (κ3) is 1.55. The molecule has 4 saturated carbocycles. The van der Waals surface area contributed by atoms with Crippen LogP contribution in [0.4, 0.5) is 0 Å². The molecular weight excluding hydrogens is 246 g/mol. The van der Waals surface area contributed by atoms with Crippen molar-refractivity contribution in [3.8, 4) is 0 Å². The quantitative estimate of drug-likeness (QED) is 0.841. The van der Waals surface area contributed by atoms with Crippen LogP contribution in [0.25, 0.3) is 0 Å². The Labute approximate surface area is 121 Å². The maximum atomic E-state index is 6.40. The molecule has 2 heterocycles. The van der Waals surface area contributed by atoms with Gasteiger partial charge in [0.05, 0.1) is 6.54 Å². The van der Waals surface area contributed by atoms with Gasteiger partial charge in [0.15, 0.2) is 0 Å². The van der Waals surface area contributed by atoms with Gasteiger partial charge in [-0.05, 0) is 86.8 Å². The first-order chi connectivity index (χ1) is 9.79. The molecule has 0 atom stereocenters. The van der Waals surface area contributed by atoms with Crippen LogP contribution in [0.15, 0.2) is 4.42 Å². The standard InChI is InChI=1S/C18H25NO/c1-10-15-2-3-19-9-16(15)20-18(10)17-13-5-11-4-12(7-13)8-14(17)6-11/h11-14,17,19H,2-9H2,1H3. The second-order valence-electron chi connectivity index (χ2n) is 7.88. The highest BCUT2D eigenvalue weighted by Crippen LogP contribution is 2.60. The first-order valence-electron chi connectivity index (χ1n) is 8.61. The molecule has 5 aliphatic rings. The highest BCUT2D eigenvalue weighted by molar-refractivity contribution is 5.37. The lowest BCUT2D eigenvalue weighted by Crippen LogP contribution is -2.43. The normalized spacial score (nSPS) is 42.0. The molecule has 1 aliphatic heterocycles. The molecule has 2 heteroatoms. The Balaban J connectivity index is 1.55. The summed E-state index contributed by atoms with van der Waals surface area (Å²) in [6.07, 6.45) is 8.65. The summed E-state index contributed by atoms with van der Waals surface area (Å²) in [7, 11) is 0. The molecule has 0 spiro atoms. The van der Waals surface area contributed by atoms with Gasteiger partial charge in [0.1, 0.15) is 11.5 Å². The summed E-state index contributed by atoms with van der Waals surface area (Å²) in [6.45, 7) is 4.39. The Hall–Kier alpha value is -0.760. The van der Waals surface area contributed by atoms with E-state index in [-0.39, 0.29) is 0 Å². The lowest BCUT2D eigenvalue weighted by Gasteiger charge is -2.54. The topological polar surface area (TPSA) is 25.2 Å². The fourth-order valence-corrected chi connectivity index (χ4v) is 6.19. The van der Waals surface area contributed by atoms with Crippen LogP contribution in [0.1, 0.15) is 60.7 Å². The summed E-state index contributed by atoms with van der Waals surface area (Å²) in [5.41, 5.74) is 3.05. The number of rotatable bonds is 1. The van der Waals surface area contributed by atoms with Crippen molar-refractivity contribution in [1.82, 2.24) is 5.32 Å². The number of nitrogens with one attached hydrogen (secondary N) is 1. The molecule has 2 nitrogen and oxygen atoms in total. The predicted molar refractivity (Wildman–Crippen MR) is 78.6 cm³/mol. The molecule has 4 bridgehead atoms. The van der Waals surface area contributed by atoms with Gasteiger partial charge in [-0.25, -0.2) is 0 Å². The number of hydrogen-bond donors (Lipinski definition) is 1. The van der Waals surface area contributed by atoms with Gasteiger partial charge >= 0.3 is 0 Å². The molecule has 20 heavy (non-hydrogen) atoms. The van der Waals surface area contributed by atoms with Crippen molar-refractivity contribution in [2.45, 2.75) is 57.9 Å². The zero-order valence-corrected chi connectivity index (χ0v) is 12.5. The van der Waals surface area contributed by atoms with E-state index in [2.05, 4.69) is 12.2 Å². The summed E-state index contributed by atoms with van der Waals surface area (Å²) in [4.78, 5) is 0. The van der Waals surface area contributed by atoms with Crippen molar-refractivity contribution in [1.29, 1.82) is 0 Å². The van der Waals surface area contributed by atoms with E-state index in [9.17, 15) is 0 Å². The fourth-order valence-electron chi connectivity index (χ4n) is 6.19. The van der Waals surface area contributed by atoms with Crippen LogP contribution in [0, 0.1) is 30.6 Å². The largest absolute Gasteiger partial charge is 0.464 e. The summed E-state index contributed by atoms with van der Waals surface area (Å²) in [5, 5.41) is 3.46. The van der Waals surface area contributed by atoms with Gasteiger partial charge in [0.2, 0.25) is 0 Å². The van der Waals surface area contributed by atoms with E-state index in [4.69, 9.17) is 4.42 Å². The zero-order valence-electron chi connectivity index (χ0n) is 12.5. The van der Waals surface area contributed by atoms with E-state index in [1.807, 2.05) is 0 Å². The minimum absolute atomic E-state index is 0.758. The van der Waals surface area contributed by atoms with E-state index >= 15 is 0 Å². The van der Waals surface area contributed by atoms with Crippen molar-refractivity contribution in [3.63, 3.8) is 0 Å². The van der Waals surface area contributed by atoms with Crippen LogP contribution in [-0.2, 0) is 13.0 Å². The van der Waals surface area contributed by atoms with Gasteiger partial charge in [-0.1, -0.05) is 0 Å². The van der Waals surface area contributed by atoms with Gasteiger partial charge in [0, 0.05) is 5.92 Å². The highest BCUT2D eigenvalue weighted by atomic mass is 16.3. The fraction of sp³-hybridized carbons (Fsp3) is 0.778. The maximum Gasteiger partial charge on any atom is 0.121 e. The van der Waals surface area contributed by atoms with E-state index in [1.165, 1.54) is 54.8 Å². The average Bonchev–Trinajstić information content (AvgIpc) is 2.76. The van der Waals surface area contributed by atoms with Gasteiger partial charge in [-0.3, -0.25) is 0 Å². The van der Waals surface area contributed by atoms with Crippen molar-refractivity contribution < 1.29 is 4.42 Å². The summed E-state index contributed by atoms with van der Waals surface area (Å²) in [6, 6.07) is 0. The molecule has 0 unspecified atom stereocenters. The SMILES string of the molecule is Cc1c(C2C3CC4CC(C3)CC2C4)oc2c1CCNC2. The summed E-state index contributed by atoms with van der Waals surface area (Å²) in [5.74, 6) is 7.38. The van der Waals surface area contributed by atoms with Gasteiger partial charge in [-0.15, -0.1) is 0 Å². The minimum Gasteiger partial charge on any atom is -0.464 e. The van der Waals surface area contributed by atoms with Crippen LogP contribution < -0.4 is 5.32 Å². The average molecular weight is 271 g/mol. The molecule has 0 saturated heterocycles. The third-order valence-corrected chi connectivity index (χ3v) is 6.76. The third-order valence-electron chi connectivity index (χ3n) is 6.76. The molecule has 1 aromatic heterocycles. The van der Waals surface area contributed by atoms with Crippen molar-refractivity contribution in [3.05, 3.63) is 22.6 Å². The summed E-state index contributed by atoms with van der Waals surface area (Å²) >= 11 is 0.